The van der Waals surface area contributed by atoms with Gasteiger partial charge in [0.1, 0.15) is 5.58 Å². The fraction of sp³-hybridized carbons (Fsp3) is 0.235. The number of para-hydroxylation sites is 1. The van der Waals surface area contributed by atoms with Crippen LogP contribution in [0.2, 0.25) is 0 Å². The number of hydrogen-bond acceptors (Lipinski definition) is 4. The zero-order valence-corrected chi connectivity index (χ0v) is 14.1. The molecule has 0 saturated carbocycles. The Kier molecular flexibility index (Phi) is 4.55. The molecule has 1 N–H and O–H groups in total. The first-order chi connectivity index (χ1) is 10.7. The van der Waals surface area contributed by atoms with E-state index in [0.29, 0.717) is 5.76 Å². The number of furan rings is 1. The molecule has 1 aromatic carbocycles. The Bertz CT molecular complexity index is 777. The van der Waals surface area contributed by atoms with E-state index in [4.69, 9.17) is 4.42 Å². The summed E-state index contributed by atoms with van der Waals surface area (Å²) in [6.45, 7) is 1.99. The lowest BCUT2D eigenvalue weighted by Crippen LogP contribution is -2.26. The van der Waals surface area contributed by atoms with Crippen LogP contribution in [0.5, 0.6) is 0 Å². The van der Waals surface area contributed by atoms with E-state index in [-0.39, 0.29) is 11.9 Å². The van der Waals surface area contributed by atoms with E-state index in [0.717, 1.165) is 27.2 Å². The van der Waals surface area contributed by atoms with Gasteiger partial charge in [0, 0.05) is 21.6 Å². The Morgan fingerprint density at radius 1 is 1.32 bits per heavy atom. The lowest BCUT2D eigenvalue weighted by molar-refractivity contribution is 0.0913. The molecule has 3 nitrogen and oxygen atoms in total. The van der Waals surface area contributed by atoms with E-state index in [1.54, 1.807) is 23.1 Å². The minimum atomic E-state index is -0.152. The van der Waals surface area contributed by atoms with Gasteiger partial charge in [-0.15, -0.1) is 11.3 Å². The average molecular weight is 331 g/mol. The molecule has 0 radical (unpaired) electrons. The number of amides is 1. The fourth-order valence-electron chi connectivity index (χ4n) is 2.44. The summed E-state index contributed by atoms with van der Waals surface area (Å²) in [4.78, 5) is 13.7. The van der Waals surface area contributed by atoms with Gasteiger partial charge in [0.2, 0.25) is 0 Å². The van der Waals surface area contributed by atoms with Gasteiger partial charge in [-0.3, -0.25) is 4.79 Å². The smallest absolute Gasteiger partial charge is 0.287 e. The summed E-state index contributed by atoms with van der Waals surface area (Å²) in [5.74, 6) is 1.03. The zero-order chi connectivity index (χ0) is 15.5. The van der Waals surface area contributed by atoms with Crippen molar-refractivity contribution in [3.05, 3.63) is 58.0 Å². The standard InChI is InChI=1S/C17H17NO2S2/c1-11(15-8-5-9-22-15)18-17(19)16-13(10-21-2)12-6-3-4-7-14(12)20-16/h3-9,11H,10H2,1-2H3,(H,18,19)/t11-/m0/s1. The van der Waals surface area contributed by atoms with Crippen LogP contribution in [0.1, 0.15) is 34.0 Å². The van der Waals surface area contributed by atoms with Gasteiger partial charge in [-0.05, 0) is 30.7 Å². The van der Waals surface area contributed by atoms with Crippen LogP contribution in [0, 0.1) is 0 Å². The molecule has 2 aromatic heterocycles. The maximum absolute atomic E-state index is 12.6. The number of fused-ring (bicyclic) bond motifs is 1. The number of thiophene rings is 1. The molecule has 0 aliphatic carbocycles. The predicted molar refractivity (Wildman–Crippen MR) is 93.6 cm³/mol. The molecule has 114 valence electrons. The van der Waals surface area contributed by atoms with Gasteiger partial charge in [-0.25, -0.2) is 0 Å². The van der Waals surface area contributed by atoms with Crippen LogP contribution in [-0.2, 0) is 5.75 Å². The third kappa shape index (κ3) is 2.91. The SMILES string of the molecule is CSCc1c(C(=O)N[C@@H](C)c2cccs2)oc2ccccc12. The maximum Gasteiger partial charge on any atom is 0.287 e. The largest absolute Gasteiger partial charge is 0.451 e. The first kappa shape index (κ1) is 15.2. The summed E-state index contributed by atoms with van der Waals surface area (Å²) in [7, 11) is 0. The molecular formula is C17H17NO2S2. The van der Waals surface area contributed by atoms with Crippen LogP contribution in [0.15, 0.2) is 46.2 Å². The van der Waals surface area contributed by atoms with E-state index >= 15 is 0 Å². The van der Waals surface area contributed by atoms with Crippen LogP contribution in [0.3, 0.4) is 0 Å². The number of thioether (sulfide) groups is 1. The van der Waals surface area contributed by atoms with Crippen LogP contribution >= 0.6 is 23.1 Å². The van der Waals surface area contributed by atoms with Crippen molar-refractivity contribution in [3.63, 3.8) is 0 Å². The molecule has 0 aliphatic heterocycles. The van der Waals surface area contributed by atoms with Crippen molar-refractivity contribution in [1.29, 1.82) is 0 Å². The maximum atomic E-state index is 12.6. The molecule has 3 rings (SSSR count). The number of hydrogen-bond donors (Lipinski definition) is 1. The second-order valence-electron chi connectivity index (χ2n) is 5.05. The second kappa shape index (κ2) is 6.58. The van der Waals surface area contributed by atoms with Crippen molar-refractivity contribution >= 4 is 40.0 Å². The van der Waals surface area contributed by atoms with Crippen LogP contribution in [0.4, 0.5) is 0 Å². The number of rotatable bonds is 5. The van der Waals surface area contributed by atoms with Gasteiger partial charge in [0.25, 0.3) is 5.91 Å². The molecule has 0 spiro atoms. The van der Waals surface area contributed by atoms with E-state index in [2.05, 4.69) is 5.32 Å². The van der Waals surface area contributed by atoms with Crippen molar-refractivity contribution in [2.75, 3.05) is 6.26 Å². The molecular weight excluding hydrogens is 314 g/mol. The first-order valence-corrected chi connectivity index (χ1v) is 9.31. The van der Waals surface area contributed by atoms with Gasteiger partial charge in [0.15, 0.2) is 5.76 Å². The number of benzene rings is 1. The van der Waals surface area contributed by atoms with Gasteiger partial charge in [-0.1, -0.05) is 24.3 Å². The summed E-state index contributed by atoms with van der Waals surface area (Å²) >= 11 is 3.32. The molecule has 0 saturated heterocycles. The molecule has 5 heteroatoms. The zero-order valence-electron chi connectivity index (χ0n) is 12.5. The first-order valence-electron chi connectivity index (χ1n) is 7.04. The minimum absolute atomic E-state index is 0.0251. The lowest BCUT2D eigenvalue weighted by atomic mass is 10.1. The lowest BCUT2D eigenvalue weighted by Gasteiger charge is -2.11. The van der Waals surface area contributed by atoms with E-state index < -0.39 is 0 Å². The molecule has 0 bridgehead atoms. The van der Waals surface area contributed by atoms with Gasteiger partial charge in [-0.2, -0.15) is 11.8 Å². The Balaban J connectivity index is 1.91. The van der Waals surface area contributed by atoms with E-state index in [1.807, 2.05) is 55.0 Å². The summed E-state index contributed by atoms with van der Waals surface area (Å²) < 4.78 is 5.81. The van der Waals surface area contributed by atoms with Gasteiger partial charge < -0.3 is 9.73 Å². The van der Waals surface area contributed by atoms with Crippen molar-refractivity contribution in [3.8, 4) is 0 Å². The second-order valence-corrected chi connectivity index (χ2v) is 6.89. The Labute approximate surface area is 137 Å². The molecule has 3 aromatic rings. The molecule has 1 atom stereocenters. The highest BCUT2D eigenvalue weighted by Crippen LogP contribution is 2.29. The van der Waals surface area contributed by atoms with Crippen molar-refractivity contribution in [1.82, 2.24) is 5.32 Å². The number of carbonyl (C=O) groups is 1. The molecule has 0 aliphatic rings. The quantitative estimate of drug-likeness (QED) is 0.727. The van der Waals surface area contributed by atoms with Crippen LogP contribution < -0.4 is 5.32 Å². The highest BCUT2D eigenvalue weighted by molar-refractivity contribution is 7.97. The Hall–Kier alpha value is -1.72. The summed E-state index contributed by atoms with van der Waals surface area (Å²) in [5, 5.41) is 6.06. The van der Waals surface area contributed by atoms with Gasteiger partial charge in [0.05, 0.1) is 6.04 Å². The normalized spacial score (nSPS) is 12.5. The van der Waals surface area contributed by atoms with Crippen molar-refractivity contribution in [2.24, 2.45) is 0 Å². The molecule has 0 unspecified atom stereocenters. The summed E-state index contributed by atoms with van der Waals surface area (Å²) in [6, 6.07) is 11.8. The monoisotopic (exact) mass is 331 g/mol. The highest BCUT2D eigenvalue weighted by atomic mass is 32.2. The van der Waals surface area contributed by atoms with E-state index in [9.17, 15) is 4.79 Å². The fourth-order valence-corrected chi connectivity index (χ4v) is 3.75. The number of carbonyl (C=O) groups excluding carboxylic acids is 1. The van der Waals surface area contributed by atoms with Crippen LogP contribution in [0.25, 0.3) is 11.0 Å². The summed E-state index contributed by atoms with van der Waals surface area (Å²) in [5.41, 5.74) is 1.74. The molecule has 2 heterocycles. The highest BCUT2D eigenvalue weighted by Gasteiger charge is 2.21. The Morgan fingerprint density at radius 2 is 2.14 bits per heavy atom. The number of nitrogens with one attached hydrogen (secondary N) is 1. The summed E-state index contributed by atoms with van der Waals surface area (Å²) in [6.07, 6.45) is 2.03. The third-order valence-corrected chi connectivity index (χ3v) is 5.14. The van der Waals surface area contributed by atoms with Crippen molar-refractivity contribution in [2.45, 2.75) is 18.7 Å². The van der Waals surface area contributed by atoms with Crippen molar-refractivity contribution < 1.29 is 9.21 Å². The molecule has 1 amide bonds. The average Bonchev–Trinajstić information content (AvgIpc) is 3.16. The topological polar surface area (TPSA) is 42.2 Å². The molecule has 22 heavy (non-hydrogen) atoms. The third-order valence-electron chi connectivity index (χ3n) is 3.51. The Morgan fingerprint density at radius 3 is 2.86 bits per heavy atom. The molecule has 0 fully saturated rings. The van der Waals surface area contributed by atoms with E-state index in [1.165, 1.54) is 0 Å². The predicted octanol–water partition coefficient (Wildman–Crippen LogP) is 4.85. The van der Waals surface area contributed by atoms with Crippen LogP contribution in [-0.4, -0.2) is 12.2 Å². The van der Waals surface area contributed by atoms with Gasteiger partial charge >= 0.3 is 0 Å². The minimum Gasteiger partial charge on any atom is -0.451 e.